The van der Waals surface area contributed by atoms with Crippen LogP contribution in [0.2, 0.25) is 0 Å². The summed E-state index contributed by atoms with van der Waals surface area (Å²) in [5, 5.41) is 12.6. The van der Waals surface area contributed by atoms with E-state index < -0.39 is 5.60 Å². The Labute approximate surface area is 87.3 Å². The van der Waals surface area contributed by atoms with Gasteiger partial charge in [0.2, 0.25) is 0 Å². The van der Waals surface area contributed by atoms with E-state index in [2.05, 4.69) is 5.32 Å². The van der Waals surface area contributed by atoms with E-state index in [-0.39, 0.29) is 17.2 Å². The van der Waals surface area contributed by atoms with Crippen LogP contribution >= 0.6 is 0 Å². The van der Waals surface area contributed by atoms with Gasteiger partial charge in [-0.05, 0) is 25.7 Å². The van der Waals surface area contributed by atoms with Gasteiger partial charge in [-0.1, -0.05) is 6.92 Å². The second kappa shape index (κ2) is 2.32. The van der Waals surface area contributed by atoms with Gasteiger partial charge in [0.1, 0.15) is 0 Å². The minimum absolute atomic E-state index is 0.236. The molecule has 0 radical (unpaired) electrons. The largest absolute Gasteiger partial charge is 0.385 e. The van der Waals surface area contributed by atoms with E-state index in [1.807, 2.05) is 6.92 Å². The first-order valence-corrected chi connectivity index (χ1v) is 5.36. The molecule has 1 fully saturated rings. The Kier molecular flexibility index (Phi) is 1.41. The number of rotatable bonds is 1. The molecular formula is C11H13NO3. The van der Waals surface area contributed by atoms with Gasteiger partial charge >= 0.3 is 0 Å². The number of amides is 2. The average molecular weight is 207 g/mol. The zero-order valence-electron chi connectivity index (χ0n) is 8.59. The standard InChI is InChI=1S/C11H13NO3/c1-2-10-3-4-11(15,5-10)7-6(10)8(13)12-9(7)14/h15H,2-5H2,1H3,(H,12,13,14). The summed E-state index contributed by atoms with van der Waals surface area (Å²) in [5.74, 6) is -0.667. The molecule has 80 valence electrons. The van der Waals surface area contributed by atoms with Gasteiger partial charge in [-0.15, -0.1) is 0 Å². The molecule has 0 aromatic carbocycles. The van der Waals surface area contributed by atoms with Gasteiger partial charge in [-0.3, -0.25) is 14.9 Å². The van der Waals surface area contributed by atoms with Gasteiger partial charge in [0.15, 0.2) is 0 Å². The fourth-order valence-electron chi connectivity index (χ4n) is 3.49. The van der Waals surface area contributed by atoms with Crippen molar-refractivity contribution in [2.45, 2.75) is 38.2 Å². The number of hydrogen-bond acceptors (Lipinski definition) is 3. The van der Waals surface area contributed by atoms with Crippen molar-refractivity contribution in [3.05, 3.63) is 11.1 Å². The fraction of sp³-hybridized carbons (Fsp3) is 0.636. The Balaban J connectivity index is 2.24. The summed E-state index contributed by atoms with van der Waals surface area (Å²) < 4.78 is 0. The summed E-state index contributed by atoms with van der Waals surface area (Å²) in [5.41, 5.74) is -0.327. The number of carbonyl (C=O) groups is 2. The highest BCUT2D eigenvalue weighted by molar-refractivity contribution is 6.22. The lowest BCUT2D eigenvalue weighted by atomic mass is 9.77. The molecule has 2 N–H and O–H groups in total. The molecule has 0 aromatic rings. The number of imide groups is 1. The van der Waals surface area contributed by atoms with Crippen molar-refractivity contribution in [3.63, 3.8) is 0 Å². The molecule has 0 saturated heterocycles. The van der Waals surface area contributed by atoms with Crippen LogP contribution in [0.1, 0.15) is 32.6 Å². The zero-order valence-corrected chi connectivity index (χ0v) is 8.59. The number of carbonyl (C=O) groups excluding carboxylic acids is 2. The Morgan fingerprint density at radius 2 is 1.93 bits per heavy atom. The number of fused-ring (bicyclic) bond motifs is 4. The fourth-order valence-corrected chi connectivity index (χ4v) is 3.49. The van der Waals surface area contributed by atoms with Crippen LogP contribution in [0.15, 0.2) is 11.1 Å². The van der Waals surface area contributed by atoms with Crippen molar-refractivity contribution in [3.8, 4) is 0 Å². The summed E-state index contributed by atoms with van der Waals surface area (Å²) in [6.45, 7) is 2.01. The molecule has 15 heavy (non-hydrogen) atoms. The van der Waals surface area contributed by atoms with Gasteiger partial charge in [-0.2, -0.15) is 0 Å². The Bertz CT molecular complexity index is 426. The molecule has 3 aliphatic rings. The molecule has 2 aliphatic carbocycles. The predicted molar refractivity (Wildman–Crippen MR) is 51.7 cm³/mol. The van der Waals surface area contributed by atoms with Crippen LogP contribution in [0.5, 0.6) is 0 Å². The first kappa shape index (κ1) is 9.09. The lowest BCUT2D eigenvalue weighted by molar-refractivity contribution is -0.125. The number of nitrogens with one attached hydrogen (secondary N) is 1. The van der Waals surface area contributed by atoms with E-state index in [9.17, 15) is 14.7 Å². The first-order chi connectivity index (χ1) is 7.02. The van der Waals surface area contributed by atoms with Gasteiger partial charge in [0.05, 0.1) is 11.2 Å². The second-order valence-electron chi connectivity index (χ2n) is 4.88. The van der Waals surface area contributed by atoms with Crippen molar-refractivity contribution < 1.29 is 14.7 Å². The second-order valence-corrected chi connectivity index (χ2v) is 4.88. The molecule has 2 amide bonds. The summed E-state index contributed by atoms with van der Waals surface area (Å²) in [6.07, 6.45) is 2.80. The van der Waals surface area contributed by atoms with Crippen LogP contribution in [-0.2, 0) is 9.59 Å². The number of aliphatic hydroxyl groups is 1. The van der Waals surface area contributed by atoms with Crippen molar-refractivity contribution in [2.24, 2.45) is 5.41 Å². The molecule has 2 unspecified atom stereocenters. The monoisotopic (exact) mass is 207 g/mol. The van der Waals surface area contributed by atoms with Crippen molar-refractivity contribution in [2.75, 3.05) is 0 Å². The van der Waals surface area contributed by atoms with Crippen LogP contribution in [-0.4, -0.2) is 22.5 Å². The van der Waals surface area contributed by atoms with E-state index >= 15 is 0 Å². The topological polar surface area (TPSA) is 66.4 Å². The van der Waals surface area contributed by atoms with E-state index in [1.165, 1.54) is 0 Å². The third-order valence-electron chi connectivity index (χ3n) is 4.25. The highest BCUT2D eigenvalue weighted by Gasteiger charge is 2.63. The molecule has 3 rings (SSSR count). The molecule has 2 atom stereocenters. The quantitative estimate of drug-likeness (QED) is 0.606. The molecule has 4 heteroatoms. The zero-order chi connectivity index (χ0) is 10.8. The highest BCUT2D eigenvalue weighted by Crippen LogP contribution is 2.62. The molecule has 1 saturated carbocycles. The first-order valence-electron chi connectivity index (χ1n) is 5.36. The van der Waals surface area contributed by atoms with Crippen LogP contribution in [0.25, 0.3) is 0 Å². The molecule has 2 bridgehead atoms. The highest BCUT2D eigenvalue weighted by atomic mass is 16.3. The minimum atomic E-state index is -1.03. The van der Waals surface area contributed by atoms with Crippen LogP contribution in [0.4, 0.5) is 0 Å². The summed E-state index contributed by atoms with van der Waals surface area (Å²) >= 11 is 0. The third-order valence-corrected chi connectivity index (χ3v) is 4.25. The maximum atomic E-state index is 11.7. The van der Waals surface area contributed by atoms with Gasteiger partial charge < -0.3 is 5.11 Å². The molecule has 1 heterocycles. The van der Waals surface area contributed by atoms with Gasteiger partial charge in [0.25, 0.3) is 11.8 Å². The lowest BCUT2D eigenvalue weighted by Gasteiger charge is -2.25. The lowest BCUT2D eigenvalue weighted by Crippen LogP contribution is -2.34. The van der Waals surface area contributed by atoms with E-state index in [0.717, 1.165) is 12.8 Å². The van der Waals surface area contributed by atoms with Gasteiger partial charge in [-0.25, -0.2) is 0 Å². The van der Waals surface area contributed by atoms with Crippen LogP contribution in [0, 0.1) is 5.41 Å². The van der Waals surface area contributed by atoms with Crippen molar-refractivity contribution in [1.82, 2.24) is 5.32 Å². The Morgan fingerprint density at radius 1 is 1.27 bits per heavy atom. The van der Waals surface area contributed by atoms with Crippen LogP contribution < -0.4 is 5.32 Å². The molecule has 0 aromatic heterocycles. The maximum absolute atomic E-state index is 11.7. The summed E-state index contributed by atoms with van der Waals surface area (Å²) in [7, 11) is 0. The number of hydrogen-bond donors (Lipinski definition) is 2. The van der Waals surface area contributed by atoms with Crippen molar-refractivity contribution in [1.29, 1.82) is 0 Å². The molecular weight excluding hydrogens is 194 g/mol. The predicted octanol–water partition coefficient (Wildman–Crippen LogP) is 0.264. The third kappa shape index (κ3) is 0.822. The van der Waals surface area contributed by atoms with E-state index in [0.29, 0.717) is 24.0 Å². The minimum Gasteiger partial charge on any atom is -0.385 e. The van der Waals surface area contributed by atoms with Crippen molar-refractivity contribution >= 4 is 11.8 Å². The SMILES string of the molecule is CCC12CCC(O)(C1)C1=C2C(=O)NC1=O. The summed E-state index contributed by atoms with van der Waals surface area (Å²) in [6, 6.07) is 0. The van der Waals surface area contributed by atoms with Gasteiger partial charge in [0, 0.05) is 11.0 Å². The van der Waals surface area contributed by atoms with E-state index in [1.54, 1.807) is 0 Å². The Hall–Kier alpha value is -1.16. The molecule has 4 nitrogen and oxygen atoms in total. The smallest absolute Gasteiger partial charge is 0.257 e. The Morgan fingerprint density at radius 3 is 2.60 bits per heavy atom. The average Bonchev–Trinajstić information content (AvgIpc) is 2.75. The normalized spacial score (nSPS) is 42.5. The van der Waals surface area contributed by atoms with E-state index in [4.69, 9.17) is 0 Å². The summed E-state index contributed by atoms with van der Waals surface area (Å²) in [4.78, 5) is 23.2. The molecule has 0 spiro atoms. The van der Waals surface area contributed by atoms with Crippen LogP contribution in [0.3, 0.4) is 0 Å². The maximum Gasteiger partial charge on any atom is 0.257 e. The molecule has 1 aliphatic heterocycles.